The van der Waals surface area contributed by atoms with Gasteiger partial charge in [-0.05, 0) is 5.56 Å². The molecule has 1 saturated heterocycles. The van der Waals surface area contributed by atoms with E-state index in [1.165, 1.54) is 0 Å². The van der Waals surface area contributed by atoms with E-state index in [2.05, 4.69) is 5.73 Å². The Morgan fingerprint density at radius 2 is 1.81 bits per heavy atom. The average molecular weight is 294 g/mol. The maximum Gasteiger partial charge on any atom is 0.228 e. The molecule has 6 nitrogen and oxygen atoms in total. The molecule has 0 aliphatic carbocycles. The zero-order valence-corrected chi connectivity index (χ0v) is 12.1. The molecule has 0 atom stereocenters. The summed E-state index contributed by atoms with van der Waals surface area (Å²) in [6.45, 7) is 3.56. The lowest BCUT2D eigenvalue weighted by Crippen LogP contribution is -2.53. The minimum Gasteiger partial charge on any atom is -0.550 e. The van der Waals surface area contributed by atoms with Crippen LogP contribution in [0, 0.1) is 0 Å². The molecule has 116 valence electrons. The van der Waals surface area contributed by atoms with Crippen LogP contribution < -0.4 is 10.8 Å². The van der Waals surface area contributed by atoms with Crippen molar-refractivity contribution in [3.05, 3.63) is 35.9 Å². The predicted molar refractivity (Wildman–Crippen MR) is 74.9 cm³/mol. The van der Waals surface area contributed by atoms with Crippen LogP contribution in [0.4, 0.5) is 0 Å². The molecule has 0 saturated carbocycles. The van der Waals surface area contributed by atoms with Crippen molar-refractivity contribution in [2.75, 3.05) is 32.8 Å². The average Bonchev–Trinajstić information content (AvgIpc) is 2.49. The number of carboxylic acids is 1. The molecule has 1 aromatic rings. The van der Waals surface area contributed by atoms with Gasteiger partial charge in [0.05, 0.1) is 26.2 Å². The van der Waals surface area contributed by atoms with Gasteiger partial charge in [0, 0.05) is 25.5 Å². The van der Waals surface area contributed by atoms with Crippen LogP contribution in [0.1, 0.15) is 12.0 Å². The first kappa shape index (κ1) is 17.1. The van der Waals surface area contributed by atoms with E-state index in [0.29, 0.717) is 26.2 Å². The zero-order chi connectivity index (χ0) is 15.5. The maximum atomic E-state index is 11.2. The molecule has 0 radical (unpaired) electrons. The Balaban J connectivity index is 0.000000211. The number of benzene rings is 1. The van der Waals surface area contributed by atoms with E-state index in [9.17, 15) is 14.7 Å². The minimum absolute atomic E-state index is 0.000833. The quantitative estimate of drug-likeness (QED) is 0.727. The Hall–Kier alpha value is -1.92. The number of hydrogen-bond donors (Lipinski definition) is 1. The maximum absolute atomic E-state index is 11.2. The van der Waals surface area contributed by atoms with Crippen molar-refractivity contribution in [2.24, 2.45) is 0 Å². The van der Waals surface area contributed by atoms with Crippen LogP contribution in [0.15, 0.2) is 30.3 Å². The van der Waals surface area contributed by atoms with Gasteiger partial charge in [0.2, 0.25) is 5.91 Å². The second-order valence-electron chi connectivity index (χ2n) is 4.63. The molecule has 2 rings (SSSR count). The highest BCUT2D eigenvalue weighted by molar-refractivity contribution is 5.76. The van der Waals surface area contributed by atoms with Crippen LogP contribution in [-0.4, -0.2) is 49.6 Å². The molecule has 0 unspecified atom stereocenters. The first-order valence-corrected chi connectivity index (χ1v) is 7.02. The molecule has 1 fully saturated rings. The first-order chi connectivity index (χ1) is 10.1. The van der Waals surface area contributed by atoms with Gasteiger partial charge in [-0.15, -0.1) is 0 Å². The van der Waals surface area contributed by atoms with Crippen LogP contribution in [0.25, 0.3) is 0 Å². The standard InChI is InChI=1S/C8H8O2.C7H14N2O2/c9-8(10)6-7-4-2-1-3-5-7;8-2-1-7(10)9-3-5-11-6-4-9/h1-5H,6H2,(H,9,10);1-6,8H2. The fourth-order valence-electron chi connectivity index (χ4n) is 1.88. The number of morpholine rings is 1. The van der Waals surface area contributed by atoms with E-state index in [4.69, 9.17) is 4.74 Å². The minimum atomic E-state index is -1.04. The van der Waals surface area contributed by atoms with Crippen molar-refractivity contribution in [1.82, 2.24) is 4.90 Å². The predicted octanol–water partition coefficient (Wildman–Crippen LogP) is -1.54. The molecule has 1 aromatic carbocycles. The van der Waals surface area contributed by atoms with Crippen LogP contribution in [0.2, 0.25) is 0 Å². The van der Waals surface area contributed by atoms with Crippen LogP contribution in [0.5, 0.6) is 0 Å². The number of hydrogen-bond acceptors (Lipinski definition) is 4. The summed E-state index contributed by atoms with van der Waals surface area (Å²) in [5, 5.41) is 10.1. The summed E-state index contributed by atoms with van der Waals surface area (Å²) in [4.78, 5) is 23.1. The van der Waals surface area contributed by atoms with Gasteiger partial charge in [-0.2, -0.15) is 0 Å². The summed E-state index contributed by atoms with van der Waals surface area (Å²) in [5.41, 5.74) is 4.42. The summed E-state index contributed by atoms with van der Waals surface area (Å²) in [5.74, 6) is -0.825. The van der Waals surface area contributed by atoms with Gasteiger partial charge in [-0.3, -0.25) is 4.79 Å². The van der Waals surface area contributed by atoms with Gasteiger partial charge in [0.1, 0.15) is 0 Å². The normalized spacial score (nSPS) is 14.0. The third-order valence-corrected chi connectivity index (χ3v) is 2.95. The van der Waals surface area contributed by atoms with E-state index < -0.39 is 5.97 Å². The van der Waals surface area contributed by atoms with E-state index in [0.717, 1.165) is 18.7 Å². The lowest BCUT2D eigenvalue weighted by atomic mass is 10.2. The van der Waals surface area contributed by atoms with Gasteiger partial charge in [0.25, 0.3) is 0 Å². The van der Waals surface area contributed by atoms with E-state index >= 15 is 0 Å². The van der Waals surface area contributed by atoms with Crippen LogP contribution in [0.3, 0.4) is 0 Å². The Bertz CT molecular complexity index is 431. The SMILES string of the molecule is O=C([O-])Cc1ccccc1.[NH3+]CCC(=O)N1CCOCC1. The largest absolute Gasteiger partial charge is 0.550 e. The Labute approximate surface area is 124 Å². The summed E-state index contributed by atoms with van der Waals surface area (Å²) in [7, 11) is 0. The molecule has 0 spiro atoms. The molecule has 0 aromatic heterocycles. The number of nitrogens with zero attached hydrogens (tertiary/aromatic N) is 1. The topological polar surface area (TPSA) is 97.3 Å². The van der Waals surface area contributed by atoms with Gasteiger partial charge < -0.3 is 25.3 Å². The molecule has 1 aliphatic heterocycles. The Kier molecular flexibility index (Phi) is 8.08. The third-order valence-electron chi connectivity index (χ3n) is 2.95. The smallest absolute Gasteiger partial charge is 0.228 e. The molecular formula is C15H22N2O4. The molecule has 1 amide bonds. The number of amides is 1. The van der Waals surface area contributed by atoms with E-state index in [-0.39, 0.29) is 12.3 Å². The van der Waals surface area contributed by atoms with Crippen molar-refractivity contribution in [3.63, 3.8) is 0 Å². The van der Waals surface area contributed by atoms with E-state index in [1.54, 1.807) is 24.3 Å². The van der Waals surface area contributed by atoms with Gasteiger partial charge in [-0.1, -0.05) is 30.3 Å². The lowest BCUT2D eigenvalue weighted by molar-refractivity contribution is -0.366. The molecule has 3 N–H and O–H groups in total. The number of carboxylic acid groups (broad SMARTS) is 1. The highest BCUT2D eigenvalue weighted by atomic mass is 16.5. The van der Waals surface area contributed by atoms with Crippen LogP contribution >= 0.6 is 0 Å². The number of quaternary nitrogens is 1. The fourth-order valence-corrected chi connectivity index (χ4v) is 1.88. The second kappa shape index (κ2) is 9.90. The monoisotopic (exact) mass is 294 g/mol. The van der Waals surface area contributed by atoms with Crippen molar-refractivity contribution < 1.29 is 25.2 Å². The van der Waals surface area contributed by atoms with Gasteiger partial charge >= 0.3 is 0 Å². The van der Waals surface area contributed by atoms with Gasteiger partial charge in [0.15, 0.2) is 0 Å². The molecular weight excluding hydrogens is 272 g/mol. The number of rotatable bonds is 4. The Morgan fingerprint density at radius 3 is 2.33 bits per heavy atom. The summed E-state index contributed by atoms with van der Waals surface area (Å²) >= 11 is 0. The van der Waals surface area contributed by atoms with Crippen molar-refractivity contribution in [2.45, 2.75) is 12.8 Å². The number of carbonyl (C=O) groups is 2. The lowest BCUT2D eigenvalue weighted by Gasteiger charge is -2.26. The van der Waals surface area contributed by atoms with Crippen molar-refractivity contribution in [3.8, 4) is 0 Å². The molecule has 1 aliphatic rings. The fraction of sp³-hybridized carbons (Fsp3) is 0.467. The van der Waals surface area contributed by atoms with Gasteiger partial charge in [-0.25, -0.2) is 0 Å². The Morgan fingerprint density at radius 1 is 1.19 bits per heavy atom. The molecule has 0 bridgehead atoms. The molecule has 21 heavy (non-hydrogen) atoms. The third kappa shape index (κ3) is 7.43. The number of aliphatic carboxylic acids is 1. The summed E-state index contributed by atoms with van der Waals surface area (Å²) in [6.07, 6.45) is 0.570. The summed E-state index contributed by atoms with van der Waals surface area (Å²) in [6, 6.07) is 8.97. The highest BCUT2D eigenvalue weighted by Gasteiger charge is 2.15. The zero-order valence-electron chi connectivity index (χ0n) is 12.1. The van der Waals surface area contributed by atoms with Crippen LogP contribution in [-0.2, 0) is 20.7 Å². The van der Waals surface area contributed by atoms with Crippen molar-refractivity contribution in [1.29, 1.82) is 0 Å². The van der Waals surface area contributed by atoms with E-state index in [1.807, 2.05) is 11.0 Å². The highest BCUT2D eigenvalue weighted by Crippen LogP contribution is 1.98. The second-order valence-corrected chi connectivity index (χ2v) is 4.63. The molecule has 1 heterocycles. The number of ether oxygens (including phenoxy) is 1. The summed E-state index contributed by atoms with van der Waals surface area (Å²) < 4.78 is 5.12. The number of carbonyl (C=O) groups excluding carboxylic acids is 2. The first-order valence-electron chi connectivity index (χ1n) is 7.02. The van der Waals surface area contributed by atoms with Crippen molar-refractivity contribution >= 4 is 11.9 Å². The molecule has 6 heteroatoms.